The lowest BCUT2D eigenvalue weighted by atomic mass is 10.1. The summed E-state index contributed by atoms with van der Waals surface area (Å²) in [5.41, 5.74) is 0.926. The highest BCUT2D eigenvalue weighted by atomic mass is 32.1. The van der Waals surface area contributed by atoms with E-state index in [-0.39, 0.29) is 5.56 Å². The number of rotatable bonds is 4. The van der Waals surface area contributed by atoms with Crippen LogP contribution in [-0.2, 0) is 0 Å². The normalized spacial score (nSPS) is 12.7. The minimum Gasteiger partial charge on any atom is -0.304 e. The average Bonchev–Trinajstić information content (AvgIpc) is 2.71. The fraction of sp³-hybridized carbons (Fsp3) is 0.357. The molecule has 0 saturated carbocycles. The summed E-state index contributed by atoms with van der Waals surface area (Å²) in [6, 6.07) is 0.888. The zero-order chi connectivity index (χ0) is 14.9. The largest absolute Gasteiger partial charge is 0.304 e. The van der Waals surface area contributed by atoms with E-state index in [9.17, 15) is 13.2 Å². The fourth-order valence-electron chi connectivity index (χ4n) is 1.91. The molecule has 1 heterocycles. The van der Waals surface area contributed by atoms with Crippen molar-refractivity contribution in [2.45, 2.75) is 26.8 Å². The van der Waals surface area contributed by atoms with Crippen molar-refractivity contribution in [2.24, 2.45) is 0 Å². The lowest BCUT2D eigenvalue weighted by Crippen LogP contribution is -2.23. The van der Waals surface area contributed by atoms with Crippen LogP contribution in [0.2, 0.25) is 0 Å². The molecule has 0 aliphatic carbocycles. The summed E-state index contributed by atoms with van der Waals surface area (Å²) >= 11 is 1.42. The van der Waals surface area contributed by atoms with Crippen LogP contribution in [0.1, 0.15) is 34.1 Å². The molecule has 2 nitrogen and oxygen atoms in total. The molecule has 0 aliphatic heterocycles. The van der Waals surface area contributed by atoms with Gasteiger partial charge >= 0.3 is 0 Å². The van der Waals surface area contributed by atoms with Crippen LogP contribution in [0.3, 0.4) is 0 Å². The quantitative estimate of drug-likeness (QED) is 0.867. The zero-order valence-corrected chi connectivity index (χ0v) is 12.2. The van der Waals surface area contributed by atoms with Crippen molar-refractivity contribution in [3.8, 4) is 0 Å². The van der Waals surface area contributed by atoms with E-state index in [1.807, 2.05) is 20.8 Å². The maximum Gasteiger partial charge on any atom is 0.161 e. The SMILES string of the molecule is CCNC(c1nc(C)c(C)s1)c1cc(F)c(F)cc1F. The molecule has 1 aromatic heterocycles. The summed E-state index contributed by atoms with van der Waals surface area (Å²) in [5.74, 6) is -3.03. The Kier molecular flexibility index (Phi) is 4.45. The molecule has 1 aromatic carbocycles. The van der Waals surface area contributed by atoms with Gasteiger partial charge in [-0.3, -0.25) is 0 Å². The van der Waals surface area contributed by atoms with Gasteiger partial charge in [-0.25, -0.2) is 18.2 Å². The topological polar surface area (TPSA) is 24.9 Å². The zero-order valence-electron chi connectivity index (χ0n) is 11.4. The lowest BCUT2D eigenvalue weighted by Gasteiger charge is -2.17. The fourth-order valence-corrected chi connectivity index (χ4v) is 2.93. The Labute approximate surface area is 119 Å². The monoisotopic (exact) mass is 300 g/mol. The van der Waals surface area contributed by atoms with Crippen LogP contribution in [-0.4, -0.2) is 11.5 Å². The molecule has 0 aliphatic rings. The average molecular weight is 300 g/mol. The Hall–Kier alpha value is -1.40. The Morgan fingerprint density at radius 2 is 1.80 bits per heavy atom. The number of hydrogen-bond acceptors (Lipinski definition) is 3. The summed E-state index contributed by atoms with van der Waals surface area (Å²) in [7, 11) is 0. The van der Waals surface area contributed by atoms with Crippen molar-refractivity contribution in [1.82, 2.24) is 10.3 Å². The first-order chi connectivity index (χ1) is 9.43. The van der Waals surface area contributed by atoms with Crippen molar-refractivity contribution in [3.63, 3.8) is 0 Å². The first kappa shape index (κ1) is 15.0. The predicted molar refractivity (Wildman–Crippen MR) is 73.4 cm³/mol. The second-order valence-electron chi connectivity index (χ2n) is 4.47. The van der Waals surface area contributed by atoms with Gasteiger partial charge in [0, 0.05) is 16.5 Å². The number of aromatic nitrogens is 1. The van der Waals surface area contributed by atoms with Gasteiger partial charge in [-0.15, -0.1) is 11.3 Å². The van der Waals surface area contributed by atoms with E-state index >= 15 is 0 Å². The Morgan fingerprint density at radius 3 is 2.35 bits per heavy atom. The number of thiazole rings is 1. The van der Waals surface area contributed by atoms with Gasteiger partial charge in [0.2, 0.25) is 0 Å². The van der Waals surface area contributed by atoms with Crippen LogP contribution in [0.5, 0.6) is 0 Å². The minimum atomic E-state index is -1.19. The summed E-state index contributed by atoms with van der Waals surface area (Å²) in [5, 5.41) is 3.71. The van der Waals surface area contributed by atoms with Gasteiger partial charge in [-0.1, -0.05) is 6.92 Å². The van der Waals surface area contributed by atoms with E-state index in [4.69, 9.17) is 0 Å². The number of hydrogen-bond donors (Lipinski definition) is 1. The van der Waals surface area contributed by atoms with Crippen LogP contribution in [0.25, 0.3) is 0 Å². The van der Waals surface area contributed by atoms with Gasteiger partial charge in [0.15, 0.2) is 11.6 Å². The number of nitrogens with one attached hydrogen (secondary N) is 1. The van der Waals surface area contributed by atoms with Gasteiger partial charge in [0.1, 0.15) is 10.8 Å². The number of benzene rings is 1. The van der Waals surface area contributed by atoms with Crippen molar-refractivity contribution >= 4 is 11.3 Å². The second kappa shape index (κ2) is 5.93. The summed E-state index contributed by atoms with van der Waals surface area (Å²) in [6.45, 7) is 6.19. The number of aryl methyl sites for hydroxylation is 2. The van der Waals surface area contributed by atoms with Crippen molar-refractivity contribution in [1.29, 1.82) is 0 Å². The van der Waals surface area contributed by atoms with E-state index in [2.05, 4.69) is 10.3 Å². The van der Waals surface area contributed by atoms with E-state index in [1.54, 1.807) is 0 Å². The van der Waals surface area contributed by atoms with Crippen molar-refractivity contribution < 1.29 is 13.2 Å². The molecule has 0 bridgehead atoms. The third kappa shape index (κ3) is 2.86. The molecule has 0 spiro atoms. The first-order valence-corrected chi connectivity index (χ1v) is 7.07. The summed E-state index contributed by atoms with van der Waals surface area (Å²) < 4.78 is 40.3. The van der Waals surface area contributed by atoms with Crippen LogP contribution >= 0.6 is 11.3 Å². The Balaban J connectivity index is 2.50. The molecule has 2 rings (SSSR count). The highest BCUT2D eigenvalue weighted by molar-refractivity contribution is 7.11. The first-order valence-electron chi connectivity index (χ1n) is 6.25. The van der Waals surface area contributed by atoms with Gasteiger partial charge in [-0.2, -0.15) is 0 Å². The van der Waals surface area contributed by atoms with E-state index in [1.165, 1.54) is 11.3 Å². The number of halogens is 3. The van der Waals surface area contributed by atoms with Crippen LogP contribution < -0.4 is 5.32 Å². The van der Waals surface area contributed by atoms with Gasteiger partial charge in [0.05, 0.1) is 11.7 Å². The second-order valence-corrected chi connectivity index (χ2v) is 5.71. The van der Waals surface area contributed by atoms with E-state index in [0.717, 1.165) is 16.6 Å². The highest BCUT2D eigenvalue weighted by Gasteiger charge is 2.23. The minimum absolute atomic E-state index is 0.0690. The van der Waals surface area contributed by atoms with Crippen molar-refractivity contribution in [2.75, 3.05) is 6.54 Å². The third-order valence-corrected chi connectivity index (χ3v) is 4.19. The summed E-state index contributed by atoms with van der Waals surface area (Å²) in [6.07, 6.45) is 0. The Bertz CT molecular complexity index is 606. The Morgan fingerprint density at radius 1 is 1.15 bits per heavy atom. The van der Waals surface area contributed by atoms with Crippen molar-refractivity contribution in [3.05, 3.63) is 50.7 Å². The predicted octanol–water partition coefficient (Wildman–Crippen LogP) is 3.88. The molecule has 20 heavy (non-hydrogen) atoms. The molecule has 0 fully saturated rings. The van der Waals surface area contributed by atoms with Crippen LogP contribution in [0.4, 0.5) is 13.2 Å². The molecule has 0 radical (unpaired) electrons. The standard InChI is InChI=1S/C14H15F3N2S/c1-4-18-13(14-19-7(2)8(3)20-14)9-5-11(16)12(17)6-10(9)15/h5-6,13,18H,4H2,1-3H3. The number of nitrogens with zero attached hydrogens (tertiary/aromatic N) is 1. The maximum atomic E-state index is 13.9. The molecule has 1 N–H and O–H groups in total. The highest BCUT2D eigenvalue weighted by Crippen LogP contribution is 2.30. The molecule has 6 heteroatoms. The molecule has 108 valence electrons. The van der Waals surface area contributed by atoms with E-state index in [0.29, 0.717) is 17.6 Å². The van der Waals surface area contributed by atoms with Gasteiger partial charge < -0.3 is 5.32 Å². The molecule has 1 atom stereocenters. The van der Waals surface area contributed by atoms with Crippen LogP contribution in [0.15, 0.2) is 12.1 Å². The molecule has 1 unspecified atom stereocenters. The molecular formula is C14H15F3N2S. The van der Waals surface area contributed by atoms with E-state index < -0.39 is 23.5 Å². The van der Waals surface area contributed by atoms with Gasteiger partial charge in [0.25, 0.3) is 0 Å². The smallest absolute Gasteiger partial charge is 0.161 e. The summed E-state index contributed by atoms with van der Waals surface area (Å²) in [4.78, 5) is 5.39. The third-order valence-electron chi connectivity index (χ3n) is 3.05. The molecular weight excluding hydrogens is 285 g/mol. The van der Waals surface area contributed by atoms with Gasteiger partial charge in [-0.05, 0) is 26.5 Å². The molecule has 0 saturated heterocycles. The van der Waals surface area contributed by atoms with Crippen LogP contribution in [0, 0.1) is 31.3 Å². The molecule has 0 amide bonds. The lowest BCUT2D eigenvalue weighted by molar-refractivity contribution is 0.481. The maximum absolute atomic E-state index is 13.9. The molecule has 2 aromatic rings.